The molecule has 7 nitrogen and oxygen atoms in total. The average Bonchev–Trinajstić information content (AvgIpc) is 3.14. The molecule has 150 valence electrons. The van der Waals surface area contributed by atoms with Crippen molar-refractivity contribution in [2.75, 3.05) is 12.3 Å². The summed E-state index contributed by atoms with van der Waals surface area (Å²) < 4.78 is 20.6. The van der Waals surface area contributed by atoms with E-state index in [-0.39, 0.29) is 23.1 Å². The number of nitrogens with zero attached hydrogens (tertiary/aromatic N) is 3. The molecule has 0 radical (unpaired) electrons. The minimum absolute atomic E-state index is 0.201. The van der Waals surface area contributed by atoms with Crippen LogP contribution in [0.1, 0.15) is 39.6 Å². The van der Waals surface area contributed by atoms with Crippen LogP contribution in [0.5, 0.6) is 0 Å². The summed E-state index contributed by atoms with van der Waals surface area (Å²) in [6.45, 7) is 3.90. The number of nitrogens with two attached hydrogens (primary N) is 1. The quantitative estimate of drug-likeness (QED) is 0.544. The maximum atomic E-state index is 13.1. The Hall–Kier alpha value is -3.12. The summed E-state index contributed by atoms with van der Waals surface area (Å²) in [5.74, 6) is 0.790. The molecule has 0 bridgehead atoms. The van der Waals surface area contributed by atoms with Crippen molar-refractivity contribution in [2.45, 2.75) is 26.7 Å². The molecule has 1 aromatic carbocycles. The van der Waals surface area contributed by atoms with Gasteiger partial charge in [0, 0.05) is 6.54 Å². The van der Waals surface area contributed by atoms with Gasteiger partial charge in [-0.15, -0.1) is 0 Å². The van der Waals surface area contributed by atoms with Gasteiger partial charge < -0.3 is 15.5 Å². The van der Waals surface area contributed by atoms with Crippen LogP contribution >= 0.6 is 15.9 Å². The molecule has 0 aliphatic rings. The highest BCUT2D eigenvalue weighted by atomic mass is 79.9. The highest BCUT2D eigenvalue weighted by molar-refractivity contribution is 9.10. The Balaban J connectivity index is 1.66. The molecule has 3 aromatic rings. The van der Waals surface area contributed by atoms with Gasteiger partial charge >= 0.3 is 0 Å². The number of anilines is 1. The third-order valence-electron chi connectivity index (χ3n) is 4.47. The minimum atomic E-state index is -0.370. The Morgan fingerprint density at radius 2 is 2.03 bits per heavy atom. The van der Waals surface area contributed by atoms with Gasteiger partial charge in [0.1, 0.15) is 34.8 Å². The Kier molecular flexibility index (Phi) is 6.03. The number of furan rings is 1. The van der Waals surface area contributed by atoms with Crippen molar-refractivity contribution in [3.63, 3.8) is 0 Å². The van der Waals surface area contributed by atoms with Crippen LogP contribution in [0, 0.1) is 31.0 Å². The van der Waals surface area contributed by atoms with E-state index in [0.29, 0.717) is 52.3 Å². The van der Waals surface area contributed by atoms with Gasteiger partial charge in [-0.3, -0.25) is 4.79 Å². The molecule has 0 aliphatic heterocycles. The number of hydrogen-bond acceptors (Lipinski definition) is 5. The van der Waals surface area contributed by atoms with E-state index in [1.807, 2.05) is 0 Å². The number of aryl methyl sites for hydroxylation is 3. The van der Waals surface area contributed by atoms with E-state index in [1.165, 1.54) is 28.9 Å². The van der Waals surface area contributed by atoms with Crippen LogP contribution in [0.3, 0.4) is 0 Å². The van der Waals surface area contributed by atoms with E-state index in [4.69, 9.17) is 10.2 Å². The van der Waals surface area contributed by atoms with E-state index < -0.39 is 0 Å². The zero-order valence-electron chi connectivity index (χ0n) is 15.9. The molecule has 0 spiro atoms. The molecule has 9 heteroatoms. The van der Waals surface area contributed by atoms with Crippen molar-refractivity contribution in [1.29, 1.82) is 5.26 Å². The summed E-state index contributed by atoms with van der Waals surface area (Å²) in [4.78, 5) is 12.4. The standard InChI is InChI=1S/C20H19BrFN5O2/c1-11-17(18(21)12(2)29-11)20(28)25-9-3-4-16-15(10-23)19(24)27(26-16)14-7-5-13(22)6-8-14/h5-8H,3-4,9,24H2,1-2H3,(H,25,28). The topological polar surface area (TPSA) is 110 Å². The lowest BCUT2D eigenvalue weighted by molar-refractivity contribution is 0.0951. The number of rotatable bonds is 6. The first-order chi connectivity index (χ1) is 13.8. The SMILES string of the molecule is Cc1oc(C)c(C(=O)NCCCc2nn(-c3ccc(F)cc3)c(N)c2C#N)c1Br. The zero-order chi connectivity index (χ0) is 21.1. The van der Waals surface area contributed by atoms with Crippen molar-refractivity contribution < 1.29 is 13.6 Å². The average molecular weight is 460 g/mol. The fraction of sp³-hybridized carbons (Fsp3) is 0.250. The Morgan fingerprint density at radius 3 is 2.62 bits per heavy atom. The molecule has 3 rings (SSSR count). The van der Waals surface area contributed by atoms with Gasteiger partial charge in [0.05, 0.1) is 21.4 Å². The van der Waals surface area contributed by atoms with E-state index >= 15 is 0 Å². The highest BCUT2D eigenvalue weighted by Gasteiger charge is 2.20. The fourth-order valence-corrected chi connectivity index (χ4v) is 3.56. The molecule has 2 aromatic heterocycles. The first kappa shape index (κ1) is 20.6. The number of hydrogen-bond donors (Lipinski definition) is 2. The zero-order valence-corrected chi connectivity index (χ0v) is 17.5. The van der Waals surface area contributed by atoms with Gasteiger partial charge in [0.2, 0.25) is 0 Å². The van der Waals surface area contributed by atoms with Crippen LogP contribution in [0.4, 0.5) is 10.2 Å². The molecule has 0 fully saturated rings. The number of nitrogens with one attached hydrogen (secondary N) is 1. The van der Waals surface area contributed by atoms with Crippen LogP contribution in [0.25, 0.3) is 5.69 Å². The summed E-state index contributed by atoms with van der Waals surface area (Å²) in [7, 11) is 0. The number of benzene rings is 1. The van der Waals surface area contributed by atoms with Gasteiger partial charge in [-0.05, 0) is 66.9 Å². The second-order valence-corrected chi connectivity index (χ2v) is 7.26. The summed E-state index contributed by atoms with van der Waals surface area (Å²) in [5, 5.41) is 16.7. The smallest absolute Gasteiger partial charge is 0.255 e. The van der Waals surface area contributed by atoms with Crippen LogP contribution in [-0.2, 0) is 6.42 Å². The molecule has 0 saturated carbocycles. The number of aromatic nitrogens is 2. The lowest BCUT2D eigenvalue weighted by Gasteiger charge is -2.04. The lowest BCUT2D eigenvalue weighted by atomic mass is 10.1. The molecule has 2 heterocycles. The summed E-state index contributed by atoms with van der Waals surface area (Å²) in [6, 6.07) is 7.75. The molecule has 0 saturated heterocycles. The molecule has 0 atom stereocenters. The normalized spacial score (nSPS) is 10.7. The minimum Gasteiger partial charge on any atom is -0.465 e. The van der Waals surface area contributed by atoms with Crippen molar-refractivity contribution >= 4 is 27.7 Å². The van der Waals surface area contributed by atoms with Crippen LogP contribution in [-0.4, -0.2) is 22.2 Å². The number of nitriles is 1. The Labute approximate surface area is 175 Å². The number of carbonyl (C=O) groups excluding carboxylic acids is 1. The third kappa shape index (κ3) is 4.17. The summed E-state index contributed by atoms with van der Waals surface area (Å²) >= 11 is 3.36. The highest BCUT2D eigenvalue weighted by Crippen LogP contribution is 2.27. The van der Waals surface area contributed by atoms with Crippen molar-refractivity contribution in [3.8, 4) is 11.8 Å². The number of nitrogen functional groups attached to an aromatic ring is 1. The first-order valence-corrected chi connectivity index (χ1v) is 9.69. The fourth-order valence-electron chi connectivity index (χ4n) is 3.02. The summed E-state index contributed by atoms with van der Waals surface area (Å²) in [6.07, 6.45) is 1.01. The molecular formula is C20H19BrFN5O2. The number of carbonyl (C=O) groups is 1. The van der Waals surface area contributed by atoms with Crippen LogP contribution in [0.2, 0.25) is 0 Å². The second kappa shape index (κ2) is 8.49. The largest absolute Gasteiger partial charge is 0.465 e. The van der Waals surface area contributed by atoms with Gasteiger partial charge in [-0.25, -0.2) is 9.07 Å². The second-order valence-electron chi connectivity index (χ2n) is 6.47. The van der Waals surface area contributed by atoms with Crippen molar-refractivity contribution in [1.82, 2.24) is 15.1 Å². The van der Waals surface area contributed by atoms with Crippen molar-refractivity contribution in [3.05, 3.63) is 62.9 Å². The monoisotopic (exact) mass is 459 g/mol. The van der Waals surface area contributed by atoms with Crippen molar-refractivity contribution in [2.24, 2.45) is 0 Å². The molecule has 3 N–H and O–H groups in total. The van der Waals surface area contributed by atoms with Gasteiger partial charge in [0.25, 0.3) is 5.91 Å². The van der Waals surface area contributed by atoms with Crippen LogP contribution in [0.15, 0.2) is 33.2 Å². The third-order valence-corrected chi connectivity index (χ3v) is 5.42. The maximum Gasteiger partial charge on any atom is 0.255 e. The predicted molar refractivity (Wildman–Crippen MR) is 109 cm³/mol. The molecule has 1 amide bonds. The summed E-state index contributed by atoms with van der Waals surface area (Å²) in [5.41, 5.74) is 7.90. The lowest BCUT2D eigenvalue weighted by Crippen LogP contribution is -2.25. The van der Waals surface area contributed by atoms with E-state index in [1.54, 1.807) is 13.8 Å². The number of halogens is 2. The van der Waals surface area contributed by atoms with Gasteiger partial charge in [-0.1, -0.05) is 0 Å². The predicted octanol–water partition coefficient (Wildman–Crippen LogP) is 3.80. The van der Waals surface area contributed by atoms with Crippen LogP contribution < -0.4 is 11.1 Å². The molecule has 29 heavy (non-hydrogen) atoms. The first-order valence-electron chi connectivity index (χ1n) is 8.90. The van der Waals surface area contributed by atoms with Gasteiger partial charge in [-0.2, -0.15) is 10.4 Å². The molecule has 0 unspecified atom stereocenters. The van der Waals surface area contributed by atoms with Gasteiger partial charge in [0.15, 0.2) is 0 Å². The number of amides is 1. The molecular weight excluding hydrogens is 441 g/mol. The molecule has 0 aliphatic carbocycles. The Morgan fingerprint density at radius 1 is 1.34 bits per heavy atom. The van der Waals surface area contributed by atoms with E-state index in [9.17, 15) is 14.4 Å². The van der Waals surface area contributed by atoms with E-state index in [2.05, 4.69) is 32.4 Å². The van der Waals surface area contributed by atoms with E-state index in [0.717, 1.165) is 0 Å². The maximum absolute atomic E-state index is 13.1. The Bertz CT molecular complexity index is 1100.